The highest BCUT2D eigenvalue weighted by atomic mass is 35.5. The van der Waals surface area contributed by atoms with E-state index in [0.717, 1.165) is 33.7 Å². The number of carbonyl (C=O) groups excluding carboxylic acids is 1. The minimum Gasteiger partial charge on any atom is -0.341 e. The van der Waals surface area contributed by atoms with Crippen molar-refractivity contribution in [1.82, 2.24) is 14.9 Å². The van der Waals surface area contributed by atoms with Crippen molar-refractivity contribution in [2.45, 2.75) is 11.8 Å². The number of para-hydroxylation sites is 2. The maximum absolute atomic E-state index is 12.8. The number of aromatic nitrogens is 2. The van der Waals surface area contributed by atoms with Crippen LogP contribution in [-0.4, -0.2) is 21.2 Å². The third kappa shape index (κ3) is 4.69. The summed E-state index contributed by atoms with van der Waals surface area (Å²) < 4.78 is 2.05. The Morgan fingerprint density at radius 2 is 1.83 bits per heavy atom. The summed E-state index contributed by atoms with van der Waals surface area (Å²) in [6.07, 6.45) is 0. The van der Waals surface area contributed by atoms with Crippen molar-refractivity contribution in [3.05, 3.63) is 101 Å². The normalized spacial score (nSPS) is 12.1. The molecule has 1 heterocycles. The molecule has 3 aromatic carbocycles. The van der Waals surface area contributed by atoms with E-state index in [1.165, 1.54) is 0 Å². The highest BCUT2D eigenvalue weighted by Gasteiger charge is 2.22. The van der Waals surface area contributed by atoms with Crippen molar-refractivity contribution < 1.29 is 4.79 Å². The Kier molecular flexibility index (Phi) is 6.41. The van der Waals surface area contributed by atoms with Crippen LogP contribution in [0.15, 0.2) is 78.9 Å². The number of benzene rings is 3. The number of hydrogen-bond acceptors (Lipinski definition) is 3. The van der Waals surface area contributed by atoms with Crippen LogP contribution in [0.1, 0.15) is 23.0 Å². The number of imidazole rings is 1. The smallest absolute Gasteiger partial charge is 0.230 e. The minimum atomic E-state index is -0.317. The molecule has 0 saturated heterocycles. The van der Waals surface area contributed by atoms with Crippen LogP contribution in [0.2, 0.25) is 5.02 Å². The fourth-order valence-corrected chi connectivity index (χ4v) is 4.45. The summed E-state index contributed by atoms with van der Waals surface area (Å²) in [5.74, 6) is 1.88. The molecule has 4 nitrogen and oxygen atoms in total. The minimum absolute atomic E-state index is 0.0251. The Hall–Kier alpha value is -2.76. The van der Waals surface area contributed by atoms with Gasteiger partial charge in [-0.2, -0.15) is 0 Å². The van der Waals surface area contributed by atoms with Gasteiger partial charge in [-0.1, -0.05) is 66.2 Å². The third-order valence-electron chi connectivity index (χ3n) is 4.91. The van der Waals surface area contributed by atoms with E-state index >= 15 is 0 Å². The zero-order valence-corrected chi connectivity index (χ0v) is 18.2. The van der Waals surface area contributed by atoms with Crippen LogP contribution in [0, 0.1) is 0 Å². The maximum Gasteiger partial charge on any atom is 0.230 e. The molecule has 4 aromatic rings. The number of amides is 1. The summed E-state index contributed by atoms with van der Waals surface area (Å²) in [5, 5.41) is 3.89. The van der Waals surface area contributed by atoms with Crippen LogP contribution in [0.25, 0.3) is 11.0 Å². The molecule has 0 saturated carbocycles. The van der Waals surface area contributed by atoms with E-state index in [-0.39, 0.29) is 11.9 Å². The number of nitrogens with zero attached hydrogens (tertiary/aromatic N) is 2. The fourth-order valence-electron chi connectivity index (χ4n) is 3.46. The van der Waals surface area contributed by atoms with Crippen LogP contribution in [0.4, 0.5) is 0 Å². The number of halogens is 1. The second-order valence-corrected chi connectivity index (χ2v) is 8.47. The van der Waals surface area contributed by atoms with Crippen LogP contribution in [0.5, 0.6) is 0 Å². The second-order valence-electron chi connectivity index (χ2n) is 7.05. The lowest BCUT2D eigenvalue weighted by atomic mass is 10.1. The summed E-state index contributed by atoms with van der Waals surface area (Å²) in [6.45, 7) is 0. The van der Waals surface area contributed by atoms with Crippen molar-refractivity contribution in [1.29, 1.82) is 0 Å². The van der Waals surface area contributed by atoms with Gasteiger partial charge in [-0.15, -0.1) is 11.8 Å². The van der Waals surface area contributed by atoms with Gasteiger partial charge in [0.2, 0.25) is 5.91 Å². The number of fused-ring (bicyclic) bond motifs is 1. The molecular formula is C24H22ClN3OS. The number of rotatable bonds is 7. The van der Waals surface area contributed by atoms with Crippen molar-refractivity contribution in [3.63, 3.8) is 0 Å². The monoisotopic (exact) mass is 435 g/mol. The van der Waals surface area contributed by atoms with Gasteiger partial charge in [-0.25, -0.2) is 4.98 Å². The number of thioether (sulfide) groups is 1. The molecule has 30 heavy (non-hydrogen) atoms. The van der Waals surface area contributed by atoms with E-state index in [2.05, 4.69) is 5.32 Å². The summed E-state index contributed by atoms with van der Waals surface area (Å²) in [5.41, 5.74) is 4.07. The maximum atomic E-state index is 12.8. The standard InChI is InChI=1S/C24H22ClN3OS/c1-28-21-13-6-5-12-20(21)26-24(28)23(18-9-3-2-4-10-18)27-22(29)16-30-15-17-8-7-11-19(25)14-17/h2-14,23H,15-16H2,1H3,(H,27,29). The van der Waals surface area contributed by atoms with E-state index < -0.39 is 0 Å². The molecule has 0 radical (unpaired) electrons. The molecule has 0 bridgehead atoms. The first kappa shape index (κ1) is 20.5. The van der Waals surface area contributed by atoms with Gasteiger partial charge < -0.3 is 9.88 Å². The third-order valence-corrected chi connectivity index (χ3v) is 6.15. The lowest BCUT2D eigenvalue weighted by molar-refractivity contribution is -0.119. The van der Waals surface area contributed by atoms with Crippen LogP contribution in [0.3, 0.4) is 0 Å². The molecule has 1 unspecified atom stereocenters. The largest absolute Gasteiger partial charge is 0.341 e. The topological polar surface area (TPSA) is 46.9 Å². The molecule has 1 amide bonds. The highest BCUT2D eigenvalue weighted by molar-refractivity contribution is 7.99. The van der Waals surface area contributed by atoms with E-state index in [1.54, 1.807) is 11.8 Å². The first-order chi connectivity index (χ1) is 14.6. The van der Waals surface area contributed by atoms with Gasteiger partial charge in [-0.05, 0) is 35.4 Å². The van der Waals surface area contributed by atoms with Crippen LogP contribution >= 0.6 is 23.4 Å². The molecule has 1 aromatic heterocycles. The molecule has 1 atom stereocenters. The number of aryl methyl sites for hydroxylation is 1. The Balaban J connectivity index is 1.52. The molecule has 0 fully saturated rings. The van der Waals surface area contributed by atoms with E-state index in [4.69, 9.17) is 16.6 Å². The van der Waals surface area contributed by atoms with Crippen molar-refractivity contribution in [2.24, 2.45) is 7.05 Å². The molecule has 0 aliphatic heterocycles. The summed E-state index contributed by atoms with van der Waals surface area (Å²) >= 11 is 7.61. The van der Waals surface area contributed by atoms with Crippen molar-refractivity contribution in [3.8, 4) is 0 Å². The first-order valence-corrected chi connectivity index (χ1v) is 11.2. The Labute approximate surface area is 185 Å². The predicted molar refractivity (Wildman–Crippen MR) is 125 cm³/mol. The number of carbonyl (C=O) groups is 1. The van der Waals surface area contributed by atoms with Gasteiger partial charge in [-0.3, -0.25) is 4.79 Å². The van der Waals surface area contributed by atoms with Crippen molar-refractivity contribution >= 4 is 40.3 Å². The molecular weight excluding hydrogens is 414 g/mol. The van der Waals surface area contributed by atoms with Gasteiger partial charge >= 0.3 is 0 Å². The zero-order valence-electron chi connectivity index (χ0n) is 16.6. The Bertz CT molecular complexity index is 1160. The highest BCUT2D eigenvalue weighted by Crippen LogP contribution is 2.25. The van der Waals surface area contributed by atoms with E-state index in [1.807, 2.05) is 90.5 Å². The van der Waals surface area contributed by atoms with Gasteiger partial charge in [0.25, 0.3) is 0 Å². The average Bonchev–Trinajstić information content (AvgIpc) is 3.09. The fraction of sp³-hybridized carbons (Fsp3) is 0.167. The predicted octanol–water partition coefficient (Wildman–Crippen LogP) is 5.37. The zero-order chi connectivity index (χ0) is 20.9. The molecule has 1 N–H and O–H groups in total. The second kappa shape index (κ2) is 9.37. The van der Waals surface area contributed by atoms with E-state index in [0.29, 0.717) is 10.8 Å². The lowest BCUT2D eigenvalue weighted by Gasteiger charge is -2.19. The number of nitrogens with one attached hydrogen (secondary N) is 1. The summed E-state index contributed by atoms with van der Waals surface area (Å²) in [6, 6.07) is 25.4. The molecule has 0 aliphatic carbocycles. The molecule has 0 spiro atoms. The quantitative estimate of drug-likeness (QED) is 0.424. The molecule has 4 rings (SSSR count). The molecule has 6 heteroatoms. The first-order valence-electron chi connectivity index (χ1n) is 9.69. The molecule has 152 valence electrons. The van der Waals surface area contributed by atoms with Crippen molar-refractivity contribution in [2.75, 3.05) is 5.75 Å². The van der Waals surface area contributed by atoms with Gasteiger partial charge in [0.05, 0.1) is 16.8 Å². The molecule has 0 aliphatic rings. The van der Waals surface area contributed by atoms with Crippen LogP contribution in [-0.2, 0) is 17.6 Å². The van der Waals surface area contributed by atoms with Gasteiger partial charge in [0.15, 0.2) is 0 Å². The van der Waals surface area contributed by atoms with E-state index in [9.17, 15) is 4.79 Å². The Morgan fingerprint density at radius 3 is 2.60 bits per heavy atom. The summed E-state index contributed by atoms with van der Waals surface area (Å²) in [4.78, 5) is 17.6. The van der Waals surface area contributed by atoms with Gasteiger partial charge in [0, 0.05) is 17.8 Å². The van der Waals surface area contributed by atoms with Gasteiger partial charge in [0.1, 0.15) is 11.9 Å². The average molecular weight is 436 g/mol. The summed E-state index contributed by atoms with van der Waals surface area (Å²) in [7, 11) is 1.99. The lowest BCUT2D eigenvalue weighted by Crippen LogP contribution is -2.32. The number of hydrogen-bond donors (Lipinski definition) is 1. The Morgan fingerprint density at radius 1 is 1.07 bits per heavy atom. The SMILES string of the molecule is Cn1c(C(NC(=O)CSCc2cccc(Cl)c2)c2ccccc2)nc2ccccc21. The van der Waals surface area contributed by atoms with Crippen LogP contribution < -0.4 is 5.32 Å².